The molecule has 0 unspecified atom stereocenters. The van der Waals surface area contributed by atoms with Gasteiger partial charge in [-0.15, -0.1) is 0 Å². The lowest BCUT2D eigenvalue weighted by molar-refractivity contribution is -0.152. The van der Waals surface area contributed by atoms with Gasteiger partial charge in [-0.05, 0) is 35.4 Å². The Hall–Kier alpha value is -3.35. The summed E-state index contributed by atoms with van der Waals surface area (Å²) in [6.45, 7) is 1.30. The third kappa shape index (κ3) is 4.31. The summed E-state index contributed by atoms with van der Waals surface area (Å²) in [5.41, 5.74) is 0.171. The monoisotopic (exact) mass is 387 g/mol. The molecule has 144 valence electrons. The maximum absolute atomic E-state index is 13.6. The lowest BCUT2D eigenvalue weighted by Crippen LogP contribution is -2.31. The average molecular weight is 387 g/mol. The number of ether oxygens (including phenoxy) is 1. The number of halogens is 3. The SMILES string of the molecule is C[C@H](OC(=O)Cc1ccc2ccccc2c1)C(=O)Nc1ccc(F)c(F)c1F. The van der Waals surface area contributed by atoms with E-state index < -0.39 is 41.1 Å². The van der Waals surface area contributed by atoms with Crippen LogP contribution in [0.2, 0.25) is 0 Å². The van der Waals surface area contributed by atoms with Crippen molar-refractivity contribution in [2.45, 2.75) is 19.4 Å². The van der Waals surface area contributed by atoms with Gasteiger partial charge in [0.25, 0.3) is 5.91 Å². The second-order valence-electron chi connectivity index (χ2n) is 6.20. The van der Waals surface area contributed by atoms with Crippen LogP contribution >= 0.6 is 0 Å². The number of hydrogen-bond donors (Lipinski definition) is 1. The smallest absolute Gasteiger partial charge is 0.311 e. The highest BCUT2D eigenvalue weighted by atomic mass is 19.2. The Labute approximate surface area is 158 Å². The molecule has 3 rings (SSSR count). The largest absolute Gasteiger partial charge is 0.452 e. The number of fused-ring (bicyclic) bond motifs is 1. The molecule has 0 fully saturated rings. The number of carbonyl (C=O) groups is 2. The van der Waals surface area contributed by atoms with E-state index in [-0.39, 0.29) is 6.42 Å². The quantitative estimate of drug-likeness (QED) is 0.523. The van der Waals surface area contributed by atoms with E-state index in [1.165, 1.54) is 6.92 Å². The van der Waals surface area contributed by atoms with Crippen molar-refractivity contribution in [1.29, 1.82) is 0 Å². The molecule has 0 saturated carbocycles. The molecule has 1 amide bonds. The fourth-order valence-electron chi connectivity index (χ4n) is 2.66. The molecule has 0 aromatic heterocycles. The molecule has 0 aliphatic heterocycles. The van der Waals surface area contributed by atoms with Crippen molar-refractivity contribution in [3.8, 4) is 0 Å². The Morgan fingerprint density at radius 2 is 1.68 bits per heavy atom. The van der Waals surface area contributed by atoms with Gasteiger partial charge in [0.15, 0.2) is 23.6 Å². The summed E-state index contributed by atoms with van der Waals surface area (Å²) in [6.07, 6.45) is -1.30. The van der Waals surface area contributed by atoms with Crippen molar-refractivity contribution in [2.75, 3.05) is 5.32 Å². The van der Waals surface area contributed by atoms with E-state index in [1.54, 1.807) is 6.07 Å². The Morgan fingerprint density at radius 1 is 0.964 bits per heavy atom. The standard InChI is InChI=1S/C21H16F3NO3/c1-12(21(27)25-17-9-8-16(22)19(23)20(17)24)28-18(26)11-13-6-7-14-4-2-3-5-15(14)10-13/h2-10,12H,11H2,1H3,(H,25,27)/t12-/m0/s1. The molecule has 7 heteroatoms. The van der Waals surface area contributed by atoms with Gasteiger partial charge in [0.05, 0.1) is 12.1 Å². The first-order chi connectivity index (χ1) is 13.3. The topological polar surface area (TPSA) is 55.4 Å². The summed E-state index contributed by atoms with van der Waals surface area (Å²) in [5.74, 6) is -6.10. The first-order valence-electron chi connectivity index (χ1n) is 8.46. The normalized spacial score (nSPS) is 11.9. The summed E-state index contributed by atoms with van der Waals surface area (Å²) in [4.78, 5) is 24.1. The number of anilines is 1. The van der Waals surface area contributed by atoms with E-state index in [0.717, 1.165) is 16.8 Å². The summed E-state index contributed by atoms with van der Waals surface area (Å²) in [7, 11) is 0. The number of amides is 1. The van der Waals surface area contributed by atoms with Crippen LogP contribution in [0.15, 0.2) is 54.6 Å². The molecule has 28 heavy (non-hydrogen) atoms. The van der Waals surface area contributed by atoms with Crippen LogP contribution in [0.4, 0.5) is 18.9 Å². The van der Waals surface area contributed by atoms with E-state index in [1.807, 2.05) is 36.4 Å². The summed E-state index contributed by atoms with van der Waals surface area (Å²) >= 11 is 0. The first-order valence-corrected chi connectivity index (χ1v) is 8.46. The third-order valence-corrected chi connectivity index (χ3v) is 4.13. The first kappa shape index (κ1) is 19.4. The number of nitrogens with one attached hydrogen (secondary N) is 1. The molecule has 0 spiro atoms. The van der Waals surface area contributed by atoms with Crippen LogP contribution < -0.4 is 5.32 Å². The van der Waals surface area contributed by atoms with Gasteiger partial charge in [0.2, 0.25) is 0 Å². The van der Waals surface area contributed by atoms with Gasteiger partial charge < -0.3 is 10.1 Å². The predicted octanol–water partition coefficient (Wildman–Crippen LogP) is 4.37. The average Bonchev–Trinajstić information content (AvgIpc) is 2.68. The zero-order valence-corrected chi connectivity index (χ0v) is 14.8. The number of hydrogen-bond acceptors (Lipinski definition) is 3. The molecule has 1 atom stereocenters. The summed E-state index contributed by atoms with van der Waals surface area (Å²) in [5, 5.41) is 4.07. The maximum atomic E-state index is 13.6. The Morgan fingerprint density at radius 3 is 2.43 bits per heavy atom. The molecule has 3 aromatic rings. The van der Waals surface area contributed by atoms with Crippen molar-refractivity contribution in [1.82, 2.24) is 0 Å². The zero-order valence-electron chi connectivity index (χ0n) is 14.8. The minimum atomic E-state index is -1.70. The van der Waals surface area contributed by atoms with Gasteiger partial charge in [0, 0.05) is 0 Å². The van der Waals surface area contributed by atoms with Gasteiger partial charge in [-0.2, -0.15) is 0 Å². The summed E-state index contributed by atoms with van der Waals surface area (Å²) in [6, 6.07) is 14.7. The van der Waals surface area contributed by atoms with E-state index in [0.29, 0.717) is 11.6 Å². The van der Waals surface area contributed by atoms with Crippen LogP contribution in [0.25, 0.3) is 10.8 Å². The van der Waals surface area contributed by atoms with Crippen molar-refractivity contribution >= 4 is 28.3 Å². The van der Waals surface area contributed by atoms with Crippen LogP contribution in [0.3, 0.4) is 0 Å². The van der Waals surface area contributed by atoms with Gasteiger partial charge in [-0.25, -0.2) is 13.2 Å². The van der Waals surface area contributed by atoms with Crippen LogP contribution in [0.5, 0.6) is 0 Å². The number of rotatable bonds is 5. The molecule has 0 saturated heterocycles. The van der Waals surface area contributed by atoms with Gasteiger partial charge in [-0.1, -0.05) is 42.5 Å². The lowest BCUT2D eigenvalue weighted by atomic mass is 10.1. The highest BCUT2D eigenvalue weighted by Crippen LogP contribution is 2.20. The van der Waals surface area contributed by atoms with E-state index in [9.17, 15) is 22.8 Å². The van der Waals surface area contributed by atoms with Crippen molar-refractivity contribution in [3.05, 3.63) is 77.6 Å². The van der Waals surface area contributed by atoms with Crippen LogP contribution in [0, 0.1) is 17.5 Å². The van der Waals surface area contributed by atoms with Gasteiger partial charge >= 0.3 is 5.97 Å². The van der Waals surface area contributed by atoms with Crippen LogP contribution in [-0.2, 0) is 20.7 Å². The molecule has 4 nitrogen and oxygen atoms in total. The van der Waals surface area contributed by atoms with Crippen LogP contribution in [0.1, 0.15) is 12.5 Å². The third-order valence-electron chi connectivity index (χ3n) is 4.13. The number of esters is 1. The minimum Gasteiger partial charge on any atom is -0.452 e. The molecule has 0 heterocycles. The number of benzene rings is 3. The molecular weight excluding hydrogens is 371 g/mol. The molecule has 3 aromatic carbocycles. The van der Waals surface area contributed by atoms with Crippen LogP contribution in [-0.4, -0.2) is 18.0 Å². The fourth-order valence-corrected chi connectivity index (χ4v) is 2.66. The molecule has 0 aliphatic rings. The molecule has 0 aliphatic carbocycles. The Bertz CT molecular complexity index is 1050. The molecular formula is C21H16F3NO3. The molecule has 1 N–H and O–H groups in total. The summed E-state index contributed by atoms with van der Waals surface area (Å²) < 4.78 is 44.8. The minimum absolute atomic E-state index is 0.0536. The lowest BCUT2D eigenvalue weighted by Gasteiger charge is -2.14. The van der Waals surface area contributed by atoms with Crippen molar-refractivity contribution in [3.63, 3.8) is 0 Å². The Kier molecular flexibility index (Phi) is 5.63. The van der Waals surface area contributed by atoms with Gasteiger partial charge in [0.1, 0.15) is 0 Å². The van der Waals surface area contributed by atoms with Crippen molar-refractivity contribution < 1.29 is 27.5 Å². The zero-order chi connectivity index (χ0) is 20.3. The van der Waals surface area contributed by atoms with Crippen molar-refractivity contribution in [2.24, 2.45) is 0 Å². The van der Waals surface area contributed by atoms with E-state index >= 15 is 0 Å². The fraction of sp³-hybridized carbons (Fsp3) is 0.143. The second kappa shape index (κ2) is 8.12. The second-order valence-corrected chi connectivity index (χ2v) is 6.20. The molecule has 0 radical (unpaired) electrons. The highest BCUT2D eigenvalue weighted by molar-refractivity contribution is 5.95. The Balaban J connectivity index is 1.61. The number of carbonyl (C=O) groups excluding carboxylic acids is 2. The maximum Gasteiger partial charge on any atom is 0.311 e. The molecule has 0 bridgehead atoms. The highest BCUT2D eigenvalue weighted by Gasteiger charge is 2.21. The van der Waals surface area contributed by atoms with E-state index in [2.05, 4.69) is 5.32 Å². The van der Waals surface area contributed by atoms with E-state index in [4.69, 9.17) is 4.74 Å². The van der Waals surface area contributed by atoms with Gasteiger partial charge in [-0.3, -0.25) is 9.59 Å². The predicted molar refractivity (Wildman–Crippen MR) is 98.2 cm³/mol.